The number of amides is 1. The van der Waals surface area contributed by atoms with Crippen molar-refractivity contribution in [3.63, 3.8) is 0 Å². The van der Waals surface area contributed by atoms with E-state index < -0.39 is 36.8 Å². The van der Waals surface area contributed by atoms with Gasteiger partial charge in [-0.25, -0.2) is 14.4 Å². The molecule has 4 rings (SSSR count). The zero-order valence-corrected chi connectivity index (χ0v) is 25.3. The van der Waals surface area contributed by atoms with E-state index in [0.29, 0.717) is 48.9 Å². The molecule has 244 valence electrons. The summed E-state index contributed by atoms with van der Waals surface area (Å²) in [5.74, 6) is 0.876. The van der Waals surface area contributed by atoms with Crippen molar-refractivity contribution >= 4 is 23.5 Å². The van der Waals surface area contributed by atoms with Crippen LogP contribution in [0.1, 0.15) is 31.4 Å². The lowest BCUT2D eigenvalue weighted by atomic mass is 9.92. The quantitative estimate of drug-likeness (QED) is 0.133. The third-order valence-electron chi connectivity index (χ3n) is 8.16. The number of carbonyl (C=O) groups excluding carboxylic acids is 1. The van der Waals surface area contributed by atoms with Gasteiger partial charge in [-0.15, -0.1) is 0 Å². The Morgan fingerprint density at radius 2 is 1.73 bits per heavy atom. The number of piperidine rings is 1. The average molecular weight is 641 g/mol. The summed E-state index contributed by atoms with van der Waals surface area (Å²) in [4.78, 5) is 29.0. The number of carbonyl (C=O) groups is 1. The molecule has 0 bridgehead atoms. The Morgan fingerprint density at radius 3 is 2.39 bits per heavy atom. The maximum Gasteiger partial charge on any atom is 0.228 e. The molecule has 4 atom stereocenters. The van der Waals surface area contributed by atoms with Gasteiger partial charge >= 0.3 is 0 Å². The molecule has 13 nitrogen and oxygen atoms in total. The Bertz CT molecular complexity index is 1190. The Kier molecular flexibility index (Phi) is 12.8. The second kappa shape index (κ2) is 16.5. The van der Waals surface area contributed by atoms with Gasteiger partial charge in [0.2, 0.25) is 11.9 Å². The molecule has 2 aliphatic rings. The zero-order chi connectivity index (χ0) is 31.6. The van der Waals surface area contributed by atoms with E-state index >= 15 is 0 Å². The van der Waals surface area contributed by atoms with Gasteiger partial charge in [-0.2, -0.15) is 0 Å². The predicted octanol–water partition coefficient (Wildman–Crippen LogP) is -0.234. The molecule has 2 aromatic rings. The second-order valence-electron chi connectivity index (χ2n) is 11.5. The molecule has 2 aromatic heterocycles. The number of aromatic nitrogens is 3. The predicted molar refractivity (Wildman–Crippen MR) is 159 cm³/mol. The molecule has 0 aliphatic carbocycles. The van der Waals surface area contributed by atoms with E-state index in [1.807, 2.05) is 0 Å². The lowest BCUT2D eigenvalue weighted by Gasteiger charge is -2.39. The van der Waals surface area contributed by atoms with Crippen molar-refractivity contribution in [1.82, 2.24) is 25.2 Å². The monoisotopic (exact) mass is 640 g/mol. The topological polar surface area (TPSA) is 185 Å². The van der Waals surface area contributed by atoms with Gasteiger partial charge < -0.3 is 45.4 Å². The second-order valence-corrected chi connectivity index (χ2v) is 12.0. The summed E-state index contributed by atoms with van der Waals surface area (Å²) in [5.41, 5.74) is 0.0566. The van der Waals surface area contributed by atoms with Crippen molar-refractivity contribution < 1.29 is 39.5 Å². The third kappa shape index (κ3) is 9.64. The molecule has 1 amide bonds. The molecule has 0 aromatic carbocycles. The maximum atomic E-state index is 14.7. The van der Waals surface area contributed by atoms with Gasteiger partial charge in [-0.05, 0) is 31.6 Å². The van der Waals surface area contributed by atoms with Gasteiger partial charge in [0, 0.05) is 51.3 Å². The Hall–Kier alpha value is -2.72. The number of aliphatic hydroxyl groups is 5. The molecule has 4 unspecified atom stereocenters. The summed E-state index contributed by atoms with van der Waals surface area (Å²) in [7, 11) is 0. The highest BCUT2D eigenvalue weighted by atomic mass is 35.5. The van der Waals surface area contributed by atoms with Crippen LogP contribution in [0.15, 0.2) is 24.7 Å². The third-order valence-corrected chi connectivity index (χ3v) is 8.36. The average Bonchev–Trinajstić information content (AvgIpc) is 3.01. The van der Waals surface area contributed by atoms with Crippen molar-refractivity contribution in [2.24, 2.45) is 11.8 Å². The van der Waals surface area contributed by atoms with E-state index in [1.54, 1.807) is 17.3 Å². The first-order valence-corrected chi connectivity index (χ1v) is 15.3. The molecule has 0 spiro atoms. The number of anilines is 1. The van der Waals surface area contributed by atoms with Crippen molar-refractivity contribution in [3.8, 4) is 5.75 Å². The first-order valence-electron chi connectivity index (χ1n) is 15.0. The fourth-order valence-electron chi connectivity index (χ4n) is 5.39. The number of rotatable bonds is 16. The van der Waals surface area contributed by atoms with Crippen molar-refractivity contribution in [1.29, 1.82) is 0 Å². The highest BCUT2D eigenvalue weighted by Gasteiger charge is 2.33. The molecule has 2 fully saturated rings. The van der Waals surface area contributed by atoms with Crippen LogP contribution in [0.4, 0.5) is 10.3 Å². The van der Waals surface area contributed by atoms with E-state index in [9.17, 15) is 29.6 Å². The van der Waals surface area contributed by atoms with Crippen LogP contribution < -0.4 is 15.0 Å². The van der Waals surface area contributed by atoms with Crippen LogP contribution in [0.5, 0.6) is 5.75 Å². The van der Waals surface area contributed by atoms with Crippen LogP contribution in [0.3, 0.4) is 0 Å². The van der Waals surface area contributed by atoms with Crippen LogP contribution in [-0.2, 0) is 11.2 Å². The highest BCUT2D eigenvalue weighted by Crippen LogP contribution is 2.25. The van der Waals surface area contributed by atoms with Crippen LogP contribution in [-0.4, -0.2) is 128 Å². The summed E-state index contributed by atoms with van der Waals surface area (Å²) >= 11 is 5.87. The Balaban J connectivity index is 1.08. The minimum atomic E-state index is -1.68. The molecule has 2 saturated heterocycles. The fraction of sp³-hybridized carbons (Fsp3) is 0.655. The normalized spacial score (nSPS) is 18.9. The van der Waals surface area contributed by atoms with Crippen molar-refractivity contribution in [2.75, 3.05) is 57.4 Å². The van der Waals surface area contributed by atoms with E-state index in [0.717, 1.165) is 38.8 Å². The van der Waals surface area contributed by atoms with Crippen LogP contribution in [0.2, 0.25) is 5.02 Å². The van der Waals surface area contributed by atoms with Crippen LogP contribution in [0, 0.1) is 17.7 Å². The number of hydrogen-bond donors (Lipinski definition) is 6. The first-order chi connectivity index (χ1) is 21.1. The van der Waals surface area contributed by atoms with Gasteiger partial charge in [-0.3, -0.25) is 9.78 Å². The molecule has 0 saturated carbocycles. The van der Waals surface area contributed by atoms with Crippen LogP contribution >= 0.6 is 11.6 Å². The molecule has 6 N–H and O–H groups in total. The highest BCUT2D eigenvalue weighted by molar-refractivity contribution is 6.30. The van der Waals surface area contributed by atoms with Gasteiger partial charge in [0.05, 0.1) is 55.0 Å². The van der Waals surface area contributed by atoms with Gasteiger partial charge in [0.25, 0.3) is 0 Å². The van der Waals surface area contributed by atoms with E-state index in [1.165, 1.54) is 12.3 Å². The molecule has 15 heteroatoms. The van der Waals surface area contributed by atoms with E-state index in [-0.39, 0.29) is 30.5 Å². The number of aliphatic hydroxyl groups excluding tert-OH is 5. The van der Waals surface area contributed by atoms with Gasteiger partial charge in [-0.1, -0.05) is 11.6 Å². The molecule has 2 aliphatic heterocycles. The summed E-state index contributed by atoms with van der Waals surface area (Å²) < 4.78 is 20.4. The molecule has 0 radical (unpaired) electrons. The maximum absolute atomic E-state index is 14.7. The van der Waals surface area contributed by atoms with Gasteiger partial charge in [0.15, 0.2) is 0 Å². The minimum Gasteiger partial charge on any atom is -0.492 e. The fourth-order valence-corrected chi connectivity index (χ4v) is 5.48. The number of nitrogens with one attached hydrogen (secondary N) is 1. The minimum absolute atomic E-state index is 0.0509. The number of likely N-dealkylation sites (tertiary alicyclic amines) is 1. The van der Waals surface area contributed by atoms with Crippen LogP contribution in [0.25, 0.3) is 0 Å². The Labute approximate surface area is 260 Å². The summed E-state index contributed by atoms with van der Waals surface area (Å²) in [5, 5.41) is 51.2. The Morgan fingerprint density at radius 1 is 1.05 bits per heavy atom. The zero-order valence-electron chi connectivity index (χ0n) is 24.5. The number of halogens is 2. The SMILES string of the molecule is O=C(Cc1ncc(OCCCC2CCN(c3ncc(Cl)cn3)CC2)cc1F)N1CC(CNCC(O)C(O)C(O)C(O)CO)C1. The number of ether oxygens (including phenoxy) is 1. The van der Waals surface area contributed by atoms with Crippen molar-refractivity contribution in [3.05, 3.63) is 41.2 Å². The van der Waals surface area contributed by atoms with E-state index in [2.05, 4.69) is 25.2 Å². The number of pyridine rings is 1. The molecule has 4 heterocycles. The standard InChI is InChI=1S/C29H42ClFN6O7/c30-20-11-34-29(35-12-20)36-5-3-18(4-6-36)2-1-7-44-21-8-22(31)23(33-13-21)9-26(41)37-15-19(16-37)10-32-14-24(39)27(42)28(43)25(40)17-38/h8,11-13,18-19,24-25,27-28,32,38-40,42-43H,1-7,9-10,14-17H2. The van der Waals surface area contributed by atoms with Gasteiger partial charge in [0.1, 0.15) is 29.9 Å². The lowest BCUT2D eigenvalue weighted by Crippen LogP contribution is -2.55. The molecular weight excluding hydrogens is 599 g/mol. The largest absolute Gasteiger partial charge is 0.492 e. The molecular formula is C29H42ClFN6O7. The number of nitrogens with zero attached hydrogens (tertiary/aromatic N) is 5. The van der Waals surface area contributed by atoms with Crippen molar-refractivity contribution in [2.45, 2.75) is 56.5 Å². The summed E-state index contributed by atoms with van der Waals surface area (Å²) in [6.45, 7) is 2.78. The summed E-state index contributed by atoms with van der Waals surface area (Å²) in [6, 6.07) is 1.26. The first kappa shape index (κ1) is 34.2. The summed E-state index contributed by atoms with van der Waals surface area (Å²) in [6.07, 6.45) is 2.18. The molecule has 44 heavy (non-hydrogen) atoms. The lowest BCUT2D eigenvalue weighted by molar-refractivity contribution is -0.136. The number of hydrogen-bond acceptors (Lipinski definition) is 12. The van der Waals surface area contributed by atoms with E-state index in [4.69, 9.17) is 21.4 Å². The smallest absolute Gasteiger partial charge is 0.228 e.